The molecule has 11 nitrogen and oxygen atoms in total. The van der Waals surface area contributed by atoms with Gasteiger partial charge in [-0.1, -0.05) is 0 Å². The van der Waals surface area contributed by atoms with Crippen LogP contribution in [0.4, 0.5) is 17.5 Å². The number of benzene rings is 2. The van der Waals surface area contributed by atoms with Crippen LogP contribution >= 0.6 is 15.9 Å². The molecule has 12 heteroatoms. The van der Waals surface area contributed by atoms with Gasteiger partial charge in [-0.15, -0.1) is 10.1 Å². The monoisotopic (exact) mass is 497 g/mol. The van der Waals surface area contributed by atoms with Crippen LogP contribution in [0.15, 0.2) is 40.9 Å². The molecule has 4 N–H and O–H groups in total. The zero-order valence-electron chi connectivity index (χ0n) is 16.8. The Morgan fingerprint density at radius 1 is 1.12 bits per heavy atom. The summed E-state index contributed by atoms with van der Waals surface area (Å²) < 4.78 is 6.43. The standard InChI is InChI=1S/C20H15BrN6O.HNO3/c1-11-7-14(10-23)8-12(2)17(11)28-19-16(21)18(24)26-20(27-19)25-15-5-3-13(9-22)4-6-15;2-1(3)4/h3-8H,1-2H3,(H3,24,25,26,27);(H,2,3,4). The lowest BCUT2D eigenvalue weighted by molar-refractivity contribution is -0.742. The summed E-state index contributed by atoms with van der Waals surface area (Å²) >= 11 is 3.36. The van der Waals surface area contributed by atoms with Gasteiger partial charge in [0, 0.05) is 5.69 Å². The Hall–Kier alpha value is -4.42. The molecule has 0 saturated heterocycles. The Morgan fingerprint density at radius 2 is 1.66 bits per heavy atom. The van der Waals surface area contributed by atoms with E-state index < -0.39 is 5.09 Å². The average molecular weight is 498 g/mol. The van der Waals surface area contributed by atoms with Crippen molar-refractivity contribution in [3.63, 3.8) is 0 Å². The number of halogens is 1. The van der Waals surface area contributed by atoms with E-state index in [1.165, 1.54) is 0 Å². The third-order valence-electron chi connectivity index (χ3n) is 3.90. The Morgan fingerprint density at radius 3 is 2.16 bits per heavy atom. The molecule has 1 heterocycles. The number of hydrogen-bond acceptors (Lipinski definition) is 9. The fraction of sp³-hybridized carbons (Fsp3) is 0.100. The van der Waals surface area contributed by atoms with E-state index in [1.54, 1.807) is 36.4 Å². The maximum absolute atomic E-state index is 9.10. The largest absolute Gasteiger partial charge is 0.437 e. The second-order valence-corrected chi connectivity index (χ2v) is 7.05. The number of nitrogen functional groups attached to an aromatic ring is 1. The van der Waals surface area contributed by atoms with Crippen molar-refractivity contribution in [1.82, 2.24) is 9.97 Å². The van der Waals surface area contributed by atoms with E-state index in [9.17, 15) is 0 Å². The van der Waals surface area contributed by atoms with Crippen LogP contribution in [-0.4, -0.2) is 20.3 Å². The second kappa shape index (κ2) is 10.6. The highest BCUT2D eigenvalue weighted by molar-refractivity contribution is 9.10. The summed E-state index contributed by atoms with van der Waals surface area (Å²) in [6, 6.07) is 14.5. The van der Waals surface area contributed by atoms with Gasteiger partial charge in [0.1, 0.15) is 16.0 Å². The lowest BCUT2D eigenvalue weighted by Crippen LogP contribution is -2.04. The predicted octanol–water partition coefficient (Wildman–Crippen LogP) is 4.37. The van der Waals surface area contributed by atoms with E-state index in [4.69, 9.17) is 36.3 Å². The number of nitrogens with two attached hydrogens (primary N) is 1. The van der Waals surface area contributed by atoms with E-state index in [2.05, 4.69) is 43.4 Å². The first-order valence-corrected chi connectivity index (χ1v) is 9.56. The molecule has 2 aromatic carbocycles. The third kappa shape index (κ3) is 6.29. The first-order valence-electron chi connectivity index (χ1n) is 8.77. The predicted molar refractivity (Wildman–Crippen MR) is 118 cm³/mol. The normalized spacial score (nSPS) is 9.53. The molecule has 0 aliphatic heterocycles. The summed E-state index contributed by atoms with van der Waals surface area (Å²) in [4.78, 5) is 17.0. The van der Waals surface area contributed by atoms with Crippen molar-refractivity contribution in [2.75, 3.05) is 11.1 Å². The van der Waals surface area contributed by atoms with Gasteiger partial charge in [-0.3, -0.25) is 0 Å². The van der Waals surface area contributed by atoms with Crippen molar-refractivity contribution in [3.05, 3.63) is 73.2 Å². The van der Waals surface area contributed by atoms with Crippen LogP contribution in [0.25, 0.3) is 0 Å². The molecule has 0 aliphatic carbocycles. The molecule has 3 aromatic rings. The Labute approximate surface area is 191 Å². The number of aromatic nitrogens is 2. The van der Waals surface area contributed by atoms with Crippen LogP contribution < -0.4 is 15.8 Å². The smallest absolute Gasteiger partial charge is 0.291 e. The van der Waals surface area contributed by atoms with Crippen LogP contribution in [0.3, 0.4) is 0 Å². The summed E-state index contributed by atoms with van der Waals surface area (Å²) in [5.74, 6) is 1.32. The van der Waals surface area contributed by atoms with Gasteiger partial charge in [0.25, 0.3) is 5.09 Å². The molecule has 32 heavy (non-hydrogen) atoms. The minimum atomic E-state index is -1.50. The van der Waals surface area contributed by atoms with E-state index in [-0.39, 0.29) is 17.6 Å². The number of nitriles is 2. The topological polar surface area (TPSA) is 184 Å². The van der Waals surface area contributed by atoms with Crippen molar-refractivity contribution in [2.45, 2.75) is 13.8 Å². The summed E-state index contributed by atoms with van der Waals surface area (Å²) in [7, 11) is 0. The van der Waals surface area contributed by atoms with Crippen LogP contribution in [0, 0.1) is 46.6 Å². The van der Waals surface area contributed by atoms with E-state index in [0.717, 1.165) is 11.1 Å². The molecular formula is C20H16BrN7O4. The number of hydrogen-bond donors (Lipinski definition) is 3. The highest BCUT2D eigenvalue weighted by Gasteiger charge is 2.16. The maximum Gasteiger partial charge on any atom is 0.291 e. The minimum absolute atomic E-state index is 0.213. The quantitative estimate of drug-likeness (QED) is 0.345. The number of rotatable bonds is 4. The van der Waals surface area contributed by atoms with Crippen molar-refractivity contribution >= 4 is 33.4 Å². The Kier molecular flexibility index (Phi) is 7.87. The van der Waals surface area contributed by atoms with Crippen molar-refractivity contribution in [1.29, 1.82) is 10.5 Å². The first kappa shape index (κ1) is 23.9. The highest BCUT2D eigenvalue weighted by atomic mass is 79.9. The van der Waals surface area contributed by atoms with Gasteiger partial charge in [-0.25, -0.2) is 0 Å². The number of aryl methyl sites for hydroxylation is 2. The lowest BCUT2D eigenvalue weighted by atomic mass is 10.1. The average Bonchev–Trinajstić information content (AvgIpc) is 2.73. The van der Waals surface area contributed by atoms with Crippen LogP contribution in [0.2, 0.25) is 0 Å². The fourth-order valence-corrected chi connectivity index (χ4v) is 2.85. The molecule has 0 saturated carbocycles. The summed E-state index contributed by atoms with van der Waals surface area (Å²) in [5.41, 5.74) is 9.43. The van der Waals surface area contributed by atoms with Crippen LogP contribution in [0.1, 0.15) is 22.3 Å². The zero-order chi connectivity index (χ0) is 23.8. The molecule has 0 bridgehead atoms. The van der Waals surface area contributed by atoms with Gasteiger partial charge in [0.15, 0.2) is 0 Å². The van der Waals surface area contributed by atoms with Crippen molar-refractivity contribution in [2.24, 2.45) is 0 Å². The molecule has 162 valence electrons. The van der Waals surface area contributed by atoms with Crippen molar-refractivity contribution in [3.8, 4) is 23.8 Å². The number of ether oxygens (including phenoxy) is 1. The van der Waals surface area contributed by atoms with Gasteiger partial charge in [0.2, 0.25) is 11.8 Å². The number of nitrogens with one attached hydrogen (secondary N) is 1. The van der Waals surface area contributed by atoms with Gasteiger partial charge < -0.3 is 21.0 Å². The summed E-state index contributed by atoms with van der Waals surface area (Å²) in [6.45, 7) is 3.72. The van der Waals surface area contributed by atoms with Crippen LogP contribution in [0.5, 0.6) is 11.6 Å². The molecule has 0 spiro atoms. The molecule has 1 aromatic heterocycles. The van der Waals surface area contributed by atoms with Gasteiger partial charge >= 0.3 is 0 Å². The SMILES string of the molecule is Cc1cc(C#N)cc(C)c1Oc1nc(Nc2ccc(C#N)cc2)nc(N)c1Br.O=[N+]([O-])O. The van der Waals surface area contributed by atoms with E-state index >= 15 is 0 Å². The molecule has 0 amide bonds. The highest BCUT2D eigenvalue weighted by Crippen LogP contribution is 2.36. The summed E-state index contributed by atoms with van der Waals surface area (Å²) in [6.07, 6.45) is 0. The summed E-state index contributed by atoms with van der Waals surface area (Å²) in [5, 5.41) is 34.7. The molecule has 3 rings (SSSR count). The Balaban J connectivity index is 0.000000837. The zero-order valence-corrected chi connectivity index (χ0v) is 18.4. The molecule has 0 unspecified atom stereocenters. The second-order valence-electron chi connectivity index (χ2n) is 6.26. The van der Waals surface area contributed by atoms with Crippen molar-refractivity contribution < 1.29 is 15.0 Å². The Bertz CT molecular complexity index is 1210. The third-order valence-corrected chi connectivity index (χ3v) is 4.65. The van der Waals surface area contributed by atoms with Crippen LogP contribution in [-0.2, 0) is 0 Å². The van der Waals surface area contributed by atoms with E-state index in [1.807, 2.05) is 13.8 Å². The number of anilines is 3. The number of nitrogens with zero attached hydrogens (tertiary/aromatic N) is 5. The molecular weight excluding hydrogens is 482 g/mol. The fourth-order valence-electron chi connectivity index (χ4n) is 2.60. The van der Waals surface area contributed by atoms with E-state index in [0.29, 0.717) is 27.0 Å². The molecule has 0 atom stereocenters. The first-order chi connectivity index (χ1) is 15.1. The molecule has 0 aliphatic rings. The lowest BCUT2D eigenvalue weighted by Gasteiger charge is -2.14. The van der Waals surface area contributed by atoms with Gasteiger partial charge in [-0.05, 0) is 77.3 Å². The van der Waals surface area contributed by atoms with Gasteiger partial charge in [0.05, 0.1) is 23.3 Å². The minimum Gasteiger partial charge on any atom is -0.437 e. The molecule has 0 radical (unpaired) electrons. The maximum atomic E-state index is 9.10. The van der Waals surface area contributed by atoms with Gasteiger partial charge in [-0.2, -0.15) is 20.5 Å². The molecule has 0 fully saturated rings.